The summed E-state index contributed by atoms with van der Waals surface area (Å²) in [5.41, 5.74) is 2.13. The largest absolute Gasteiger partial charge is 0.371 e. The summed E-state index contributed by atoms with van der Waals surface area (Å²) < 4.78 is 0. The summed E-state index contributed by atoms with van der Waals surface area (Å²) in [5.74, 6) is 1.82. The fourth-order valence-corrected chi connectivity index (χ4v) is 4.52. The summed E-state index contributed by atoms with van der Waals surface area (Å²) in [6.45, 7) is 10.3. The standard InChI is InChI=1S/C24H32N6O3/c1-17(2)23-25-18(3)15-22(26-23)28-11-13-29(14-12-28)24(31)20-16-19(30(32)33)7-8-21(20)27-9-5-4-6-10-27/h7-8,15-17H,4-6,9-14H2,1-3H3. The second-order valence-corrected chi connectivity index (χ2v) is 9.17. The Hall–Kier alpha value is -3.23. The van der Waals surface area contributed by atoms with E-state index in [0.29, 0.717) is 31.7 Å². The molecule has 0 bridgehead atoms. The minimum atomic E-state index is -0.432. The van der Waals surface area contributed by atoms with Gasteiger partial charge in [0.05, 0.1) is 16.2 Å². The molecule has 0 N–H and O–H groups in total. The van der Waals surface area contributed by atoms with Crippen LogP contribution in [-0.4, -0.2) is 65.0 Å². The minimum absolute atomic E-state index is 0.0459. The maximum Gasteiger partial charge on any atom is 0.270 e. The molecule has 0 saturated carbocycles. The van der Waals surface area contributed by atoms with Crippen LogP contribution in [0, 0.1) is 17.0 Å². The molecule has 2 aliphatic rings. The maximum absolute atomic E-state index is 13.5. The molecule has 3 heterocycles. The van der Waals surface area contributed by atoms with E-state index in [2.05, 4.69) is 28.6 Å². The number of amides is 1. The van der Waals surface area contributed by atoms with Crippen LogP contribution < -0.4 is 9.80 Å². The highest BCUT2D eigenvalue weighted by atomic mass is 16.6. The summed E-state index contributed by atoms with van der Waals surface area (Å²) in [7, 11) is 0. The van der Waals surface area contributed by atoms with E-state index >= 15 is 0 Å². The van der Waals surface area contributed by atoms with Gasteiger partial charge in [0.2, 0.25) is 0 Å². The highest BCUT2D eigenvalue weighted by Gasteiger charge is 2.28. The van der Waals surface area contributed by atoms with Crippen LogP contribution in [-0.2, 0) is 0 Å². The first-order chi connectivity index (χ1) is 15.8. The molecular weight excluding hydrogens is 420 g/mol. The number of piperidine rings is 1. The normalized spacial score (nSPS) is 16.9. The van der Waals surface area contributed by atoms with Gasteiger partial charge >= 0.3 is 0 Å². The van der Waals surface area contributed by atoms with Crippen LogP contribution in [0.5, 0.6) is 0 Å². The van der Waals surface area contributed by atoms with Gasteiger partial charge in [-0.15, -0.1) is 0 Å². The number of piperazine rings is 1. The van der Waals surface area contributed by atoms with Crippen molar-refractivity contribution < 1.29 is 9.72 Å². The van der Waals surface area contributed by atoms with E-state index in [4.69, 9.17) is 4.98 Å². The number of non-ortho nitro benzene ring substituents is 1. The van der Waals surface area contributed by atoms with E-state index in [-0.39, 0.29) is 17.5 Å². The zero-order valence-corrected chi connectivity index (χ0v) is 19.7. The van der Waals surface area contributed by atoms with Crippen LogP contribution in [0.3, 0.4) is 0 Å². The third-order valence-electron chi connectivity index (χ3n) is 6.38. The zero-order valence-electron chi connectivity index (χ0n) is 19.7. The van der Waals surface area contributed by atoms with Crippen molar-refractivity contribution in [1.29, 1.82) is 0 Å². The van der Waals surface area contributed by atoms with Gasteiger partial charge in [-0.3, -0.25) is 14.9 Å². The number of nitro benzene ring substituents is 1. The highest BCUT2D eigenvalue weighted by Crippen LogP contribution is 2.30. The van der Waals surface area contributed by atoms with Crippen molar-refractivity contribution in [3.05, 3.63) is 51.5 Å². The Kier molecular flexibility index (Phi) is 6.76. The molecule has 1 amide bonds. The predicted molar refractivity (Wildman–Crippen MR) is 128 cm³/mol. The smallest absolute Gasteiger partial charge is 0.270 e. The van der Waals surface area contributed by atoms with Gasteiger partial charge in [-0.05, 0) is 32.3 Å². The summed E-state index contributed by atoms with van der Waals surface area (Å²) in [4.78, 5) is 39.9. The van der Waals surface area contributed by atoms with Crippen molar-refractivity contribution in [2.24, 2.45) is 0 Å². The molecular formula is C24H32N6O3. The van der Waals surface area contributed by atoms with Crippen molar-refractivity contribution in [3.63, 3.8) is 0 Å². The molecule has 4 rings (SSSR count). The SMILES string of the molecule is Cc1cc(N2CCN(C(=O)c3cc([N+](=O)[O-])ccc3N3CCCCC3)CC2)nc(C(C)C)n1. The molecule has 33 heavy (non-hydrogen) atoms. The van der Waals surface area contributed by atoms with Crippen LogP contribution in [0.4, 0.5) is 17.2 Å². The fraction of sp³-hybridized carbons (Fsp3) is 0.542. The molecule has 0 atom stereocenters. The lowest BCUT2D eigenvalue weighted by molar-refractivity contribution is -0.384. The molecule has 2 saturated heterocycles. The van der Waals surface area contributed by atoms with Gasteiger partial charge in [-0.2, -0.15) is 0 Å². The molecule has 0 unspecified atom stereocenters. The molecule has 176 valence electrons. The Bertz CT molecular complexity index is 1030. The first-order valence-electron chi connectivity index (χ1n) is 11.8. The van der Waals surface area contributed by atoms with Crippen molar-refractivity contribution in [3.8, 4) is 0 Å². The number of carbonyl (C=O) groups excluding carboxylic acids is 1. The first-order valence-corrected chi connectivity index (χ1v) is 11.8. The molecule has 9 heteroatoms. The monoisotopic (exact) mass is 452 g/mol. The zero-order chi connectivity index (χ0) is 23.5. The van der Waals surface area contributed by atoms with Crippen LogP contribution in [0.15, 0.2) is 24.3 Å². The molecule has 1 aromatic carbocycles. The topological polar surface area (TPSA) is 95.7 Å². The second-order valence-electron chi connectivity index (χ2n) is 9.17. The van der Waals surface area contributed by atoms with Crippen molar-refractivity contribution >= 4 is 23.1 Å². The summed E-state index contributed by atoms with van der Waals surface area (Å²) >= 11 is 0. The van der Waals surface area contributed by atoms with E-state index in [1.54, 1.807) is 11.0 Å². The number of aromatic nitrogens is 2. The van der Waals surface area contributed by atoms with Gasteiger partial charge in [-0.25, -0.2) is 9.97 Å². The molecule has 1 aromatic heterocycles. The lowest BCUT2D eigenvalue weighted by Gasteiger charge is -2.37. The Morgan fingerprint density at radius 2 is 1.67 bits per heavy atom. The molecule has 0 spiro atoms. The number of aryl methyl sites for hydroxylation is 1. The van der Waals surface area contributed by atoms with Crippen molar-refractivity contribution in [1.82, 2.24) is 14.9 Å². The number of nitrogens with zero attached hydrogens (tertiary/aromatic N) is 6. The second kappa shape index (κ2) is 9.72. The quantitative estimate of drug-likeness (QED) is 0.503. The van der Waals surface area contributed by atoms with E-state index in [1.807, 2.05) is 13.0 Å². The molecule has 2 aromatic rings. The number of nitro groups is 1. The van der Waals surface area contributed by atoms with Gasteiger partial charge in [0, 0.05) is 69.1 Å². The lowest BCUT2D eigenvalue weighted by atomic mass is 10.0. The number of anilines is 2. The first kappa shape index (κ1) is 22.9. The minimum Gasteiger partial charge on any atom is -0.371 e. The third kappa shape index (κ3) is 5.07. The van der Waals surface area contributed by atoms with Gasteiger partial charge in [-0.1, -0.05) is 13.8 Å². The maximum atomic E-state index is 13.5. The van der Waals surface area contributed by atoms with Crippen molar-refractivity contribution in [2.45, 2.75) is 46.0 Å². The summed E-state index contributed by atoms with van der Waals surface area (Å²) in [6, 6.07) is 6.67. The van der Waals surface area contributed by atoms with Crippen LogP contribution in [0.1, 0.15) is 60.9 Å². The van der Waals surface area contributed by atoms with Gasteiger partial charge in [0.15, 0.2) is 0 Å². The summed E-state index contributed by atoms with van der Waals surface area (Å²) in [5, 5.41) is 11.4. The number of benzene rings is 1. The Balaban J connectivity index is 1.53. The molecule has 2 aliphatic heterocycles. The summed E-state index contributed by atoms with van der Waals surface area (Å²) in [6.07, 6.45) is 3.32. The molecule has 0 radical (unpaired) electrons. The van der Waals surface area contributed by atoms with Crippen LogP contribution in [0.25, 0.3) is 0 Å². The third-order valence-corrected chi connectivity index (χ3v) is 6.38. The van der Waals surface area contributed by atoms with E-state index < -0.39 is 4.92 Å². The Labute approximate surface area is 194 Å². The number of hydrogen-bond donors (Lipinski definition) is 0. The Morgan fingerprint density at radius 3 is 2.30 bits per heavy atom. The van der Waals surface area contributed by atoms with Crippen LogP contribution >= 0.6 is 0 Å². The van der Waals surface area contributed by atoms with E-state index in [0.717, 1.165) is 49.0 Å². The number of rotatable bonds is 5. The predicted octanol–water partition coefficient (Wildman–Crippen LogP) is 3.77. The van der Waals surface area contributed by atoms with E-state index in [9.17, 15) is 14.9 Å². The van der Waals surface area contributed by atoms with Gasteiger partial charge < -0.3 is 14.7 Å². The van der Waals surface area contributed by atoms with E-state index in [1.165, 1.54) is 18.6 Å². The highest BCUT2D eigenvalue weighted by molar-refractivity contribution is 6.00. The Morgan fingerprint density at radius 1 is 0.970 bits per heavy atom. The molecule has 2 fully saturated rings. The molecule has 0 aliphatic carbocycles. The van der Waals surface area contributed by atoms with Crippen LogP contribution in [0.2, 0.25) is 0 Å². The average Bonchev–Trinajstić information content (AvgIpc) is 2.83. The molecule has 9 nitrogen and oxygen atoms in total. The van der Waals surface area contributed by atoms with Gasteiger partial charge in [0.25, 0.3) is 11.6 Å². The number of hydrogen-bond acceptors (Lipinski definition) is 7. The number of carbonyl (C=O) groups is 1. The van der Waals surface area contributed by atoms with Gasteiger partial charge in [0.1, 0.15) is 11.6 Å². The van der Waals surface area contributed by atoms with Crippen molar-refractivity contribution in [2.75, 3.05) is 49.1 Å². The average molecular weight is 453 g/mol. The fourth-order valence-electron chi connectivity index (χ4n) is 4.52. The lowest BCUT2D eigenvalue weighted by Crippen LogP contribution is -2.49.